The number of rotatable bonds is 5. The monoisotopic (exact) mass is 352 g/mol. The van der Waals surface area contributed by atoms with E-state index in [9.17, 15) is 19.2 Å². The van der Waals surface area contributed by atoms with Gasteiger partial charge in [0, 0.05) is 13.6 Å². The van der Waals surface area contributed by atoms with Gasteiger partial charge in [-0.05, 0) is 18.4 Å². The van der Waals surface area contributed by atoms with Gasteiger partial charge >= 0.3 is 12.0 Å². The van der Waals surface area contributed by atoms with E-state index in [-0.39, 0.29) is 18.5 Å². The van der Waals surface area contributed by atoms with E-state index in [0.29, 0.717) is 10.2 Å². The lowest BCUT2D eigenvalue weighted by Gasteiger charge is -2.13. The molecule has 2 rings (SSSR count). The van der Waals surface area contributed by atoms with E-state index in [0.717, 1.165) is 0 Å². The van der Waals surface area contributed by atoms with Gasteiger partial charge in [0.05, 0.1) is 18.1 Å². The Hall–Kier alpha value is -2.75. The maximum Gasteiger partial charge on any atom is 0.321 e. The van der Waals surface area contributed by atoms with Crippen molar-refractivity contribution < 1.29 is 19.1 Å². The Kier molecular flexibility index (Phi) is 5.64. The number of amides is 3. The summed E-state index contributed by atoms with van der Waals surface area (Å²) in [5.74, 6) is -1.40. The van der Waals surface area contributed by atoms with E-state index >= 15 is 0 Å². The number of imide groups is 1. The van der Waals surface area contributed by atoms with Crippen LogP contribution in [0.25, 0.3) is 10.2 Å². The second kappa shape index (κ2) is 7.68. The van der Waals surface area contributed by atoms with E-state index in [2.05, 4.69) is 10.3 Å². The van der Waals surface area contributed by atoms with Crippen molar-refractivity contribution in [3.8, 4) is 0 Å². The molecule has 2 aromatic rings. The molecule has 0 spiro atoms. The fourth-order valence-electron chi connectivity index (χ4n) is 1.85. The molecule has 2 heterocycles. The molecule has 0 aromatic carbocycles. The number of aryl methyl sites for hydroxylation is 1. The molecular weight excluding hydrogens is 336 g/mol. The number of nitrogens with zero attached hydrogens (tertiary/aromatic N) is 2. The second-order valence-corrected chi connectivity index (χ2v) is 5.73. The van der Waals surface area contributed by atoms with Crippen molar-refractivity contribution in [3.05, 3.63) is 28.1 Å². The molecule has 0 fully saturated rings. The van der Waals surface area contributed by atoms with Crippen LogP contribution < -0.4 is 16.2 Å². The SMILES string of the molecule is CNC(=O)NC(=O)C(C)OC(=O)CCn1cnc2sccc2c1=O. The van der Waals surface area contributed by atoms with Gasteiger partial charge < -0.3 is 10.1 Å². The van der Waals surface area contributed by atoms with Gasteiger partial charge in [0.2, 0.25) is 0 Å². The molecule has 0 saturated heterocycles. The van der Waals surface area contributed by atoms with Gasteiger partial charge in [-0.15, -0.1) is 11.3 Å². The number of thiophene rings is 1. The second-order valence-electron chi connectivity index (χ2n) is 4.83. The van der Waals surface area contributed by atoms with Crippen molar-refractivity contribution in [1.29, 1.82) is 0 Å². The number of ether oxygens (including phenoxy) is 1. The van der Waals surface area contributed by atoms with Crippen LogP contribution in [-0.2, 0) is 20.9 Å². The molecule has 0 bridgehead atoms. The van der Waals surface area contributed by atoms with Crippen LogP contribution >= 0.6 is 11.3 Å². The molecule has 128 valence electrons. The molecule has 0 saturated carbocycles. The first-order chi connectivity index (χ1) is 11.4. The normalized spacial score (nSPS) is 11.8. The first kappa shape index (κ1) is 17.6. The average Bonchev–Trinajstić information content (AvgIpc) is 3.03. The van der Waals surface area contributed by atoms with Gasteiger partial charge in [-0.3, -0.25) is 24.3 Å². The Morgan fingerprint density at radius 2 is 2.17 bits per heavy atom. The van der Waals surface area contributed by atoms with Crippen LogP contribution in [0.4, 0.5) is 4.79 Å². The predicted octanol–water partition coefficient (Wildman–Crippen LogP) is 0.235. The lowest BCUT2D eigenvalue weighted by molar-refractivity contribution is -0.154. The molecule has 1 unspecified atom stereocenters. The highest BCUT2D eigenvalue weighted by Crippen LogP contribution is 2.13. The van der Waals surface area contributed by atoms with Gasteiger partial charge in [0.1, 0.15) is 4.83 Å². The van der Waals surface area contributed by atoms with Crippen molar-refractivity contribution >= 4 is 39.5 Å². The third-order valence-corrected chi connectivity index (χ3v) is 3.97. The van der Waals surface area contributed by atoms with Crippen LogP contribution in [0, 0.1) is 0 Å². The lowest BCUT2D eigenvalue weighted by atomic mass is 10.3. The maximum atomic E-state index is 12.2. The fourth-order valence-corrected chi connectivity index (χ4v) is 2.57. The minimum atomic E-state index is -1.12. The molecule has 0 aliphatic carbocycles. The fraction of sp³-hybridized carbons (Fsp3) is 0.357. The number of urea groups is 1. The highest BCUT2D eigenvalue weighted by atomic mass is 32.1. The van der Waals surface area contributed by atoms with Gasteiger partial charge in [0.25, 0.3) is 11.5 Å². The van der Waals surface area contributed by atoms with E-state index in [1.807, 2.05) is 5.32 Å². The Bertz CT molecular complexity index is 828. The topological polar surface area (TPSA) is 119 Å². The Morgan fingerprint density at radius 1 is 1.42 bits per heavy atom. The number of fused-ring (bicyclic) bond motifs is 1. The summed E-state index contributed by atoms with van der Waals surface area (Å²) >= 11 is 1.36. The van der Waals surface area contributed by atoms with Crippen molar-refractivity contribution in [3.63, 3.8) is 0 Å². The molecule has 0 aliphatic rings. The smallest absolute Gasteiger partial charge is 0.321 e. The molecule has 3 amide bonds. The largest absolute Gasteiger partial charge is 0.452 e. The predicted molar refractivity (Wildman–Crippen MR) is 86.6 cm³/mol. The lowest BCUT2D eigenvalue weighted by Crippen LogP contribution is -2.43. The summed E-state index contributed by atoms with van der Waals surface area (Å²) in [4.78, 5) is 51.3. The molecule has 24 heavy (non-hydrogen) atoms. The molecule has 1 atom stereocenters. The third kappa shape index (κ3) is 4.16. The van der Waals surface area contributed by atoms with Crippen LogP contribution in [-0.4, -0.2) is 40.6 Å². The third-order valence-electron chi connectivity index (χ3n) is 3.15. The minimum Gasteiger partial charge on any atom is -0.452 e. The van der Waals surface area contributed by atoms with E-state index in [4.69, 9.17) is 4.74 Å². The van der Waals surface area contributed by atoms with Crippen LogP contribution in [0.5, 0.6) is 0 Å². The number of aromatic nitrogens is 2. The van der Waals surface area contributed by atoms with Crippen LogP contribution in [0.3, 0.4) is 0 Å². The van der Waals surface area contributed by atoms with E-state index in [1.165, 1.54) is 36.2 Å². The Balaban J connectivity index is 1.90. The van der Waals surface area contributed by atoms with Crippen molar-refractivity contribution in [1.82, 2.24) is 20.2 Å². The highest BCUT2D eigenvalue weighted by Gasteiger charge is 2.19. The number of carbonyl (C=O) groups excluding carboxylic acids is 3. The van der Waals surface area contributed by atoms with E-state index in [1.54, 1.807) is 11.4 Å². The summed E-state index contributed by atoms with van der Waals surface area (Å²) in [6.07, 6.45) is 0.148. The first-order valence-electron chi connectivity index (χ1n) is 7.07. The van der Waals surface area contributed by atoms with Gasteiger partial charge in [-0.1, -0.05) is 0 Å². The summed E-state index contributed by atoms with van der Waals surface area (Å²) in [6, 6.07) is 0.986. The molecule has 0 aliphatic heterocycles. The Morgan fingerprint density at radius 3 is 2.88 bits per heavy atom. The van der Waals surface area contributed by atoms with Gasteiger partial charge in [-0.2, -0.15) is 0 Å². The zero-order valence-corrected chi connectivity index (χ0v) is 13.9. The van der Waals surface area contributed by atoms with Gasteiger partial charge in [0.15, 0.2) is 6.10 Å². The van der Waals surface area contributed by atoms with Crippen molar-refractivity contribution in [2.45, 2.75) is 26.0 Å². The number of esters is 1. The molecule has 2 aromatic heterocycles. The molecule has 10 heteroatoms. The minimum absolute atomic E-state index is 0.0836. The average molecular weight is 352 g/mol. The summed E-state index contributed by atoms with van der Waals surface area (Å²) in [5, 5.41) is 6.48. The molecule has 2 N–H and O–H groups in total. The maximum absolute atomic E-state index is 12.2. The highest BCUT2D eigenvalue weighted by molar-refractivity contribution is 7.16. The standard InChI is InChI=1S/C14H16N4O5S/c1-8(11(20)17-14(22)15-2)23-10(19)3-5-18-7-16-12-9(13(18)21)4-6-24-12/h4,6-8H,3,5H2,1-2H3,(H2,15,17,20,22). The first-order valence-corrected chi connectivity index (χ1v) is 7.95. The summed E-state index contributed by atoms with van der Waals surface area (Å²) in [6.45, 7) is 1.43. The summed E-state index contributed by atoms with van der Waals surface area (Å²) in [7, 11) is 1.36. The van der Waals surface area contributed by atoms with E-state index < -0.39 is 24.0 Å². The Labute approximate surface area is 140 Å². The number of nitrogens with one attached hydrogen (secondary N) is 2. The van der Waals surface area contributed by atoms with Crippen molar-refractivity contribution in [2.75, 3.05) is 7.05 Å². The molecule has 9 nitrogen and oxygen atoms in total. The summed E-state index contributed by atoms with van der Waals surface area (Å²) < 4.78 is 6.24. The zero-order valence-electron chi connectivity index (χ0n) is 13.1. The van der Waals surface area contributed by atoms with Crippen LogP contribution in [0.15, 0.2) is 22.6 Å². The molecule has 0 radical (unpaired) electrons. The number of hydrogen-bond donors (Lipinski definition) is 2. The van der Waals surface area contributed by atoms with Crippen molar-refractivity contribution in [2.24, 2.45) is 0 Å². The number of hydrogen-bond acceptors (Lipinski definition) is 7. The molecular formula is C14H16N4O5S. The zero-order chi connectivity index (χ0) is 17.7. The van der Waals surface area contributed by atoms with Crippen LogP contribution in [0.2, 0.25) is 0 Å². The quantitative estimate of drug-likeness (QED) is 0.744. The van der Waals surface area contributed by atoms with Gasteiger partial charge in [-0.25, -0.2) is 9.78 Å². The number of carbonyl (C=O) groups is 3. The van der Waals surface area contributed by atoms with Crippen LogP contribution in [0.1, 0.15) is 13.3 Å². The summed E-state index contributed by atoms with van der Waals surface area (Å²) in [5.41, 5.74) is -0.237.